The van der Waals surface area contributed by atoms with Gasteiger partial charge in [-0.3, -0.25) is 0 Å². The summed E-state index contributed by atoms with van der Waals surface area (Å²) < 4.78 is 24.0. The van der Waals surface area contributed by atoms with Crippen LogP contribution in [0.1, 0.15) is 13.8 Å². The quantitative estimate of drug-likeness (QED) is 0.366. The summed E-state index contributed by atoms with van der Waals surface area (Å²) in [6.07, 6.45) is -2.43. The van der Waals surface area contributed by atoms with Gasteiger partial charge >= 0.3 is 20.1 Å². The summed E-state index contributed by atoms with van der Waals surface area (Å²) >= 11 is 0. The van der Waals surface area contributed by atoms with Crippen molar-refractivity contribution in [1.29, 1.82) is 0 Å². The third-order valence-electron chi connectivity index (χ3n) is 2.38. The minimum absolute atomic E-state index is 0.144. The molecule has 0 aromatic carbocycles. The van der Waals surface area contributed by atoms with Crippen LogP contribution in [0, 0.1) is 0 Å². The Kier molecular flexibility index (Phi) is 7.27. The number of aliphatic hydroxyl groups excluding tert-OH is 1. The molecule has 23 heavy (non-hydrogen) atoms. The predicted octanol–water partition coefficient (Wildman–Crippen LogP) is 0.0133. The Balaban J connectivity index is 2.34. The first kappa shape index (κ1) is 19.7. The summed E-state index contributed by atoms with van der Waals surface area (Å²) in [7, 11) is -3.96. The molecule has 3 unspecified atom stereocenters. The van der Waals surface area contributed by atoms with Crippen molar-refractivity contribution < 1.29 is 42.6 Å². The minimum atomic E-state index is -3.96. The van der Waals surface area contributed by atoms with Crippen LogP contribution in [0.3, 0.4) is 0 Å². The van der Waals surface area contributed by atoms with Crippen LogP contribution in [0.4, 0.5) is 0 Å². The van der Waals surface area contributed by atoms with Crippen molar-refractivity contribution in [2.75, 3.05) is 19.8 Å². The van der Waals surface area contributed by atoms with E-state index in [9.17, 15) is 19.6 Å². The van der Waals surface area contributed by atoms with Crippen LogP contribution in [0.15, 0.2) is 24.3 Å². The topological polar surface area (TPSA) is 124 Å². The number of phosphoric ester groups is 1. The fourth-order valence-electron chi connectivity index (χ4n) is 1.22. The van der Waals surface area contributed by atoms with Crippen molar-refractivity contribution in [1.82, 2.24) is 0 Å². The van der Waals surface area contributed by atoms with E-state index in [4.69, 9.17) is 23.0 Å². The van der Waals surface area contributed by atoms with Gasteiger partial charge in [0.05, 0.1) is 0 Å². The lowest BCUT2D eigenvalue weighted by Gasteiger charge is -2.20. The minimum Gasteiger partial charge on any atom is -0.606 e. The molecule has 1 aliphatic rings. The Morgan fingerprint density at radius 1 is 1.30 bits per heavy atom. The standard InChI is InChI=1S/C13H19O9P/c1-8(2)12(15)18-5-10(14)6-19-23(17)20-7-11(22-23)21-13(16)9(3)4/h10-11,14H,1,3,5-7H2,2,4H3. The molecule has 1 fully saturated rings. The van der Waals surface area contributed by atoms with Crippen LogP contribution < -0.4 is 4.89 Å². The fourth-order valence-corrected chi connectivity index (χ4v) is 2.47. The van der Waals surface area contributed by atoms with Crippen LogP contribution in [0.2, 0.25) is 0 Å². The van der Waals surface area contributed by atoms with Crippen LogP contribution >= 0.6 is 8.17 Å². The van der Waals surface area contributed by atoms with Crippen LogP contribution in [-0.2, 0) is 32.6 Å². The normalized spacial score (nSPS) is 24.8. The molecule has 3 atom stereocenters. The molecule has 0 aliphatic carbocycles. The largest absolute Gasteiger partial charge is 0.606 e. The zero-order chi connectivity index (χ0) is 17.6. The molecule has 0 bridgehead atoms. The number of phosphoric acid groups is 1. The maximum atomic E-state index is 12.0. The number of esters is 2. The summed E-state index contributed by atoms with van der Waals surface area (Å²) in [6.45, 7) is 8.54. The maximum Gasteiger partial charge on any atom is 0.384 e. The number of hydrogen-bond donors (Lipinski definition) is 1. The molecular formula is C13H19O9P. The summed E-state index contributed by atoms with van der Waals surface area (Å²) in [6, 6.07) is 0. The fraction of sp³-hybridized carbons (Fsp3) is 0.538. The third-order valence-corrected chi connectivity index (χ3v) is 3.81. The van der Waals surface area contributed by atoms with Crippen molar-refractivity contribution >= 4 is 20.1 Å². The molecule has 9 nitrogen and oxygen atoms in total. The Morgan fingerprint density at radius 2 is 1.91 bits per heavy atom. The van der Waals surface area contributed by atoms with E-state index in [-0.39, 0.29) is 24.4 Å². The zero-order valence-corrected chi connectivity index (χ0v) is 13.7. The lowest BCUT2D eigenvalue weighted by Crippen LogP contribution is -2.26. The summed E-state index contributed by atoms with van der Waals surface area (Å²) in [4.78, 5) is 34.4. The highest BCUT2D eigenvalue weighted by Crippen LogP contribution is 2.58. The molecule has 1 saturated heterocycles. The summed E-state index contributed by atoms with van der Waals surface area (Å²) in [5, 5.41) is 9.58. The highest BCUT2D eigenvalue weighted by molar-refractivity contribution is 7.54. The van der Waals surface area contributed by atoms with E-state index in [0.29, 0.717) is 0 Å². The van der Waals surface area contributed by atoms with Gasteiger partial charge in [-0.15, -0.1) is 4.52 Å². The highest BCUT2D eigenvalue weighted by atomic mass is 31.2. The van der Waals surface area contributed by atoms with E-state index in [0.717, 1.165) is 0 Å². The van der Waals surface area contributed by atoms with Crippen LogP contribution in [-0.4, -0.2) is 49.3 Å². The first-order chi connectivity index (χ1) is 10.6. The molecule has 10 heteroatoms. The van der Waals surface area contributed by atoms with Gasteiger partial charge in [0.2, 0.25) is 0 Å². The van der Waals surface area contributed by atoms with E-state index < -0.39 is 39.1 Å². The molecule has 0 aromatic heterocycles. The summed E-state index contributed by atoms with van der Waals surface area (Å²) in [5.41, 5.74) is 0.321. The molecule has 0 aromatic rings. The number of carbonyl (C=O) groups is 2. The second kappa shape index (κ2) is 8.49. The smallest absolute Gasteiger partial charge is 0.384 e. The monoisotopic (exact) mass is 350 g/mol. The SMILES string of the molecule is C=C(C)C(=O)OCC(O)CO[P+]1([O-])OCC(OC(=O)C(=C)C)O1. The number of hydrogen-bond acceptors (Lipinski definition) is 9. The molecule has 1 N–H and O–H groups in total. The first-order valence-corrected chi connectivity index (χ1v) is 8.03. The van der Waals surface area contributed by atoms with Gasteiger partial charge in [0.1, 0.15) is 19.3 Å². The third kappa shape index (κ3) is 6.74. The average Bonchev–Trinajstić information content (AvgIpc) is 2.84. The lowest BCUT2D eigenvalue weighted by molar-refractivity contribution is -0.244. The Morgan fingerprint density at radius 3 is 2.48 bits per heavy atom. The second-order valence-corrected chi connectivity index (χ2v) is 6.41. The van der Waals surface area contributed by atoms with E-state index in [2.05, 4.69) is 13.2 Å². The summed E-state index contributed by atoms with van der Waals surface area (Å²) in [5.74, 6) is -1.39. The van der Waals surface area contributed by atoms with Crippen LogP contribution in [0.25, 0.3) is 0 Å². The molecule has 1 rings (SSSR count). The molecule has 130 valence electrons. The number of ether oxygens (including phenoxy) is 2. The molecular weight excluding hydrogens is 331 g/mol. The van der Waals surface area contributed by atoms with Crippen molar-refractivity contribution in [3.63, 3.8) is 0 Å². The molecule has 0 radical (unpaired) electrons. The lowest BCUT2D eigenvalue weighted by atomic mass is 10.3. The van der Waals surface area contributed by atoms with E-state index in [1.54, 1.807) is 0 Å². The average molecular weight is 350 g/mol. The van der Waals surface area contributed by atoms with Gasteiger partial charge in [-0.2, -0.15) is 9.05 Å². The van der Waals surface area contributed by atoms with Crippen molar-refractivity contribution in [3.05, 3.63) is 24.3 Å². The predicted molar refractivity (Wildman–Crippen MR) is 76.4 cm³/mol. The molecule has 0 spiro atoms. The molecule has 0 saturated carbocycles. The van der Waals surface area contributed by atoms with Gasteiger partial charge in [-0.1, -0.05) is 13.2 Å². The zero-order valence-electron chi connectivity index (χ0n) is 12.9. The maximum absolute atomic E-state index is 12.0. The number of rotatable bonds is 8. The second-order valence-electron chi connectivity index (χ2n) is 4.79. The van der Waals surface area contributed by atoms with Crippen molar-refractivity contribution in [3.8, 4) is 0 Å². The molecule has 1 aliphatic heterocycles. The van der Waals surface area contributed by atoms with Gasteiger partial charge in [0.15, 0.2) is 6.61 Å². The van der Waals surface area contributed by atoms with Gasteiger partial charge in [-0.25, -0.2) is 9.59 Å². The van der Waals surface area contributed by atoms with Gasteiger partial charge in [0.25, 0.3) is 6.29 Å². The molecule has 0 amide bonds. The van der Waals surface area contributed by atoms with Crippen LogP contribution in [0.5, 0.6) is 0 Å². The number of carbonyl (C=O) groups excluding carboxylic acids is 2. The van der Waals surface area contributed by atoms with Crippen molar-refractivity contribution in [2.24, 2.45) is 0 Å². The van der Waals surface area contributed by atoms with Crippen molar-refractivity contribution in [2.45, 2.75) is 26.2 Å². The molecule has 1 heterocycles. The highest BCUT2D eigenvalue weighted by Gasteiger charge is 2.47. The Labute approximate surface area is 134 Å². The van der Waals surface area contributed by atoms with E-state index in [1.165, 1.54) is 13.8 Å². The Hall–Kier alpha value is -1.35. The van der Waals surface area contributed by atoms with Gasteiger partial charge in [0, 0.05) is 11.1 Å². The first-order valence-electron chi connectivity index (χ1n) is 6.57. The van der Waals surface area contributed by atoms with E-state index >= 15 is 0 Å². The Bertz CT molecular complexity index is 492. The van der Waals surface area contributed by atoms with Gasteiger partial charge < -0.3 is 19.5 Å². The van der Waals surface area contributed by atoms with E-state index in [1.807, 2.05) is 0 Å². The number of aliphatic hydroxyl groups is 1. The van der Waals surface area contributed by atoms with Gasteiger partial charge in [-0.05, 0) is 13.8 Å².